The maximum Gasteiger partial charge on any atom is 0.269 e. The van der Waals surface area contributed by atoms with E-state index in [2.05, 4.69) is 22.2 Å². The Morgan fingerprint density at radius 3 is 2.96 bits per heavy atom. The van der Waals surface area contributed by atoms with Crippen molar-refractivity contribution >= 4 is 11.6 Å². The summed E-state index contributed by atoms with van der Waals surface area (Å²) in [5.74, 6) is 0.0408. The Morgan fingerprint density at radius 1 is 1.40 bits per heavy atom. The average Bonchev–Trinajstić information content (AvgIpc) is 3.20. The van der Waals surface area contributed by atoms with Crippen LogP contribution in [0.3, 0.4) is 0 Å². The zero-order valence-electron chi connectivity index (χ0n) is 14.8. The molecule has 1 atom stereocenters. The predicted octanol–water partition coefficient (Wildman–Crippen LogP) is 2.77. The molecule has 0 spiro atoms. The number of hydrogen-bond donors (Lipinski definition) is 1. The molecule has 1 aliphatic rings. The summed E-state index contributed by atoms with van der Waals surface area (Å²) < 4.78 is 15.5. The highest BCUT2D eigenvalue weighted by Gasteiger charge is 2.25. The van der Waals surface area contributed by atoms with Crippen molar-refractivity contribution in [1.29, 1.82) is 0 Å². The molecule has 1 saturated heterocycles. The van der Waals surface area contributed by atoms with Gasteiger partial charge in [-0.2, -0.15) is 5.10 Å². The highest BCUT2D eigenvalue weighted by atomic mass is 19.1. The second-order valence-electron chi connectivity index (χ2n) is 6.66. The first-order chi connectivity index (χ1) is 12.1. The zero-order chi connectivity index (χ0) is 17.8. The van der Waals surface area contributed by atoms with E-state index in [0.29, 0.717) is 23.8 Å². The number of carbonyl (C=O) groups is 1. The Balaban J connectivity index is 1.54. The summed E-state index contributed by atoms with van der Waals surface area (Å²) in [6, 6.07) is 8.71. The summed E-state index contributed by atoms with van der Waals surface area (Å²) in [6.07, 6.45) is 2.83. The van der Waals surface area contributed by atoms with Crippen LogP contribution in [0.4, 0.5) is 10.1 Å². The highest BCUT2D eigenvalue weighted by molar-refractivity contribution is 5.92. The van der Waals surface area contributed by atoms with Crippen LogP contribution in [0.1, 0.15) is 35.9 Å². The van der Waals surface area contributed by atoms with Crippen molar-refractivity contribution in [3.05, 3.63) is 47.5 Å². The van der Waals surface area contributed by atoms with Gasteiger partial charge in [0.05, 0.1) is 11.4 Å². The molecule has 1 amide bonds. The van der Waals surface area contributed by atoms with Crippen molar-refractivity contribution < 1.29 is 9.18 Å². The molecule has 3 rings (SSSR count). The molecule has 1 aromatic heterocycles. The van der Waals surface area contributed by atoms with Gasteiger partial charge in [0.1, 0.15) is 11.5 Å². The number of hydrogen-bond acceptors (Lipinski definition) is 3. The molecule has 134 valence electrons. The fourth-order valence-electron chi connectivity index (χ4n) is 3.37. The van der Waals surface area contributed by atoms with Gasteiger partial charge in [-0.3, -0.25) is 9.48 Å². The lowest BCUT2D eigenvalue weighted by molar-refractivity contribution is 0.0939. The summed E-state index contributed by atoms with van der Waals surface area (Å²) >= 11 is 0. The van der Waals surface area contributed by atoms with Crippen molar-refractivity contribution in [2.45, 2.75) is 26.2 Å². The van der Waals surface area contributed by atoms with Crippen LogP contribution >= 0.6 is 0 Å². The molecule has 0 bridgehead atoms. The molecule has 0 saturated carbocycles. The number of anilines is 1. The molecular formula is C19H25FN4O. The zero-order valence-corrected chi connectivity index (χ0v) is 14.8. The van der Waals surface area contributed by atoms with E-state index in [9.17, 15) is 9.18 Å². The fourth-order valence-corrected chi connectivity index (χ4v) is 3.37. The normalized spacial score (nSPS) is 17.1. The molecule has 2 aromatic rings. The Labute approximate surface area is 147 Å². The monoisotopic (exact) mass is 344 g/mol. The molecule has 25 heavy (non-hydrogen) atoms. The number of aromatic nitrogens is 2. The van der Waals surface area contributed by atoms with E-state index >= 15 is 0 Å². The van der Waals surface area contributed by atoms with E-state index in [4.69, 9.17) is 0 Å². The lowest BCUT2D eigenvalue weighted by atomic mass is 10.1. The lowest BCUT2D eigenvalue weighted by Crippen LogP contribution is -2.32. The molecule has 0 unspecified atom stereocenters. The smallest absolute Gasteiger partial charge is 0.269 e. The number of nitrogens with one attached hydrogen (secondary N) is 1. The number of benzene rings is 1. The van der Waals surface area contributed by atoms with Gasteiger partial charge >= 0.3 is 0 Å². The molecule has 1 aliphatic heterocycles. The van der Waals surface area contributed by atoms with Gasteiger partial charge in [0.15, 0.2) is 0 Å². The molecule has 6 heteroatoms. The summed E-state index contributed by atoms with van der Waals surface area (Å²) in [4.78, 5) is 14.5. The van der Waals surface area contributed by atoms with Gasteiger partial charge in [0.25, 0.3) is 5.91 Å². The quantitative estimate of drug-likeness (QED) is 0.877. The number of halogens is 1. The summed E-state index contributed by atoms with van der Waals surface area (Å²) in [6.45, 7) is 4.26. The Morgan fingerprint density at radius 2 is 2.20 bits per heavy atom. The maximum absolute atomic E-state index is 13.9. The third-order valence-corrected chi connectivity index (χ3v) is 4.70. The van der Waals surface area contributed by atoms with Gasteiger partial charge in [-0.25, -0.2) is 4.39 Å². The Bertz CT molecular complexity index is 743. The van der Waals surface area contributed by atoms with Crippen LogP contribution < -0.4 is 10.2 Å². The molecule has 0 radical (unpaired) electrons. The number of carbonyl (C=O) groups excluding carboxylic acids is 1. The topological polar surface area (TPSA) is 50.2 Å². The standard InChI is InChI=1S/C19H25FN4O/c1-3-6-15-11-18(23(2)22-15)19(25)21-12-14-9-10-24(13-14)17-8-5-4-7-16(17)20/h4-5,7-8,11,14H,3,6,9-10,12-13H2,1-2H3,(H,21,25)/t14-/m0/s1. The van der Waals surface area contributed by atoms with Crippen molar-refractivity contribution in [3.8, 4) is 0 Å². The van der Waals surface area contributed by atoms with Crippen molar-refractivity contribution in [3.63, 3.8) is 0 Å². The third-order valence-electron chi connectivity index (χ3n) is 4.70. The minimum Gasteiger partial charge on any atom is -0.369 e. The minimum atomic E-state index is -0.189. The number of nitrogens with zero attached hydrogens (tertiary/aromatic N) is 3. The Hall–Kier alpha value is -2.37. The van der Waals surface area contributed by atoms with Gasteiger partial charge < -0.3 is 10.2 Å². The summed E-state index contributed by atoms with van der Waals surface area (Å²) in [5.41, 5.74) is 2.18. The molecule has 1 N–H and O–H groups in total. The molecule has 5 nitrogen and oxygen atoms in total. The molecule has 0 aliphatic carbocycles. The van der Waals surface area contributed by atoms with Gasteiger partial charge in [-0.15, -0.1) is 0 Å². The van der Waals surface area contributed by atoms with Crippen LogP contribution in [0.5, 0.6) is 0 Å². The van der Waals surface area contributed by atoms with Crippen molar-refractivity contribution in [2.75, 3.05) is 24.5 Å². The van der Waals surface area contributed by atoms with E-state index in [0.717, 1.165) is 38.0 Å². The number of rotatable bonds is 6. The van der Waals surface area contributed by atoms with E-state index in [1.54, 1.807) is 23.9 Å². The van der Waals surface area contributed by atoms with Crippen LogP contribution in [0, 0.1) is 11.7 Å². The largest absolute Gasteiger partial charge is 0.369 e. The number of aryl methyl sites for hydroxylation is 2. The minimum absolute atomic E-state index is 0.0957. The van der Waals surface area contributed by atoms with E-state index in [-0.39, 0.29) is 11.7 Å². The van der Waals surface area contributed by atoms with Gasteiger partial charge in [-0.1, -0.05) is 25.5 Å². The maximum atomic E-state index is 13.9. The highest BCUT2D eigenvalue weighted by Crippen LogP contribution is 2.25. The van der Waals surface area contributed by atoms with Crippen LogP contribution in [-0.4, -0.2) is 35.3 Å². The fraction of sp³-hybridized carbons (Fsp3) is 0.474. The van der Waals surface area contributed by atoms with Gasteiger partial charge in [-0.05, 0) is 37.0 Å². The SMILES string of the molecule is CCCc1cc(C(=O)NC[C@@H]2CCN(c3ccccc3F)C2)n(C)n1. The lowest BCUT2D eigenvalue weighted by Gasteiger charge is -2.19. The van der Waals surface area contributed by atoms with Crippen molar-refractivity contribution in [2.24, 2.45) is 13.0 Å². The first-order valence-electron chi connectivity index (χ1n) is 8.89. The van der Waals surface area contributed by atoms with Crippen LogP contribution in [0.25, 0.3) is 0 Å². The molecule has 1 fully saturated rings. The summed E-state index contributed by atoms with van der Waals surface area (Å²) in [7, 11) is 1.80. The second-order valence-corrected chi connectivity index (χ2v) is 6.66. The van der Waals surface area contributed by atoms with E-state index in [1.807, 2.05) is 12.1 Å². The van der Waals surface area contributed by atoms with Crippen LogP contribution in [-0.2, 0) is 13.5 Å². The number of amides is 1. The summed E-state index contributed by atoms with van der Waals surface area (Å²) in [5, 5.41) is 7.37. The van der Waals surface area contributed by atoms with E-state index < -0.39 is 0 Å². The van der Waals surface area contributed by atoms with Gasteiger partial charge in [0.2, 0.25) is 0 Å². The average molecular weight is 344 g/mol. The van der Waals surface area contributed by atoms with Crippen LogP contribution in [0.15, 0.2) is 30.3 Å². The molecule has 2 heterocycles. The molecular weight excluding hydrogens is 319 g/mol. The van der Waals surface area contributed by atoms with E-state index in [1.165, 1.54) is 6.07 Å². The number of para-hydroxylation sites is 1. The second kappa shape index (κ2) is 7.68. The predicted molar refractivity (Wildman–Crippen MR) is 96.3 cm³/mol. The van der Waals surface area contributed by atoms with Gasteiger partial charge in [0, 0.05) is 26.7 Å². The third kappa shape index (κ3) is 4.00. The first-order valence-corrected chi connectivity index (χ1v) is 8.89. The first kappa shape index (κ1) is 17.5. The Kier molecular flexibility index (Phi) is 5.36. The molecule has 1 aromatic carbocycles. The van der Waals surface area contributed by atoms with Crippen molar-refractivity contribution in [1.82, 2.24) is 15.1 Å². The van der Waals surface area contributed by atoms with Crippen LogP contribution in [0.2, 0.25) is 0 Å².